The van der Waals surface area contributed by atoms with Crippen LogP contribution in [0, 0.1) is 6.92 Å². The van der Waals surface area contributed by atoms with E-state index in [0.29, 0.717) is 5.16 Å². The second-order valence-corrected chi connectivity index (χ2v) is 11.3. The third-order valence-electron chi connectivity index (χ3n) is 5.52. The SMILES string of the molecule is Cc1ccc(-n2c(SCC(=O)N/N=C/c3cccc(Br)c3)nnc2-c2ccc(C(C)(C)C)cc2)cc1. The maximum absolute atomic E-state index is 12.5. The highest BCUT2D eigenvalue weighted by Gasteiger charge is 2.19. The lowest BCUT2D eigenvalue weighted by molar-refractivity contribution is -0.118. The van der Waals surface area contributed by atoms with E-state index >= 15 is 0 Å². The maximum atomic E-state index is 12.5. The number of rotatable bonds is 7. The summed E-state index contributed by atoms with van der Waals surface area (Å²) >= 11 is 4.75. The molecule has 1 aromatic heterocycles. The molecule has 36 heavy (non-hydrogen) atoms. The quantitative estimate of drug-likeness (QED) is 0.158. The van der Waals surface area contributed by atoms with Gasteiger partial charge in [0, 0.05) is 15.7 Å². The van der Waals surface area contributed by atoms with Crippen molar-refractivity contribution in [3.8, 4) is 17.1 Å². The number of aryl methyl sites for hydroxylation is 1. The van der Waals surface area contributed by atoms with Crippen molar-refractivity contribution in [2.75, 3.05) is 5.75 Å². The van der Waals surface area contributed by atoms with Crippen LogP contribution < -0.4 is 5.43 Å². The summed E-state index contributed by atoms with van der Waals surface area (Å²) in [5.41, 5.74) is 7.86. The molecule has 1 amide bonds. The highest BCUT2D eigenvalue weighted by atomic mass is 79.9. The fourth-order valence-electron chi connectivity index (χ4n) is 3.52. The zero-order valence-electron chi connectivity index (χ0n) is 20.7. The molecule has 0 aliphatic carbocycles. The van der Waals surface area contributed by atoms with Gasteiger partial charge in [0.05, 0.1) is 12.0 Å². The van der Waals surface area contributed by atoms with Crippen molar-refractivity contribution in [2.45, 2.75) is 38.3 Å². The Morgan fingerprint density at radius 2 is 1.78 bits per heavy atom. The second kappa shape index (κ2) is 11.2. The minimum atomic E-state index is -0.221. The van der Waals surface area contributed by atoms with E-state index in [4.69, 9.17) is 0 Å². The number of benzene rings is 3. The number of amides is 1. The van der Waals surface area contributed by atoms with Crippen molar-refractivity contribution < 1.29 is 4.79 Å². The maximum Gasteiger partial charge on any atom is 0.250 e. The predicted octanol–water partition coefficient (Wildman–Crippen LogP) is 6.55. The van der Waals surface area contributed by atoms with Gasteiger partial charge in [-0.1, -0.05) is 103 Å². The molecule has 1 heterocycles. The molecule has 4 rings (SSSR count). The van der Waals surface area contributed by atoms with Crippen LogP contribution in [-0.4, -0.2) is 32.6 Å². The zero-order valence-corrected chi connectivity index (χ0v) is 23.1. The Morgan fingerprint density at radius 3 is 2.44 bits per heavy atom. The number of halogens is 1. The number of aromatic nitrogens is 3. The van der Waals surface area contributed by atoms with Crippen LogP contribution >= 0.6 is 27.7 Å². The summed E-state index contributed by atoms with van der Waals surface area (Å²) in [5, 5.41) is 13.6. The first-order chi connectivity index (χ1) is 17.2. The molecule has 0 saturated carbocycles. The van der Waals surface area contributed by atoms with Gasteiger partial charge in [-0.3, -0.25) is 9.36 Å². The van der Waals surface area contributed by atoms with Gasteiger partial charge in [0.15, 0.2) is 11.0 Å². The van der Waals surface area contributed by atoms with Gasteiger partial charge >= 0.3 is 0 Å². The summed E-state index contributed by atoms with van der Waals surface area (Å²) in [4.78, 5) is 12.5. The lowest BCUT2D eigenvalue weighted by atomic mass is 9.87. The Morgan fingerprint density at radius 1 is 1.06 bits per heavy atom. The average Bonchev–Trinajstić information content (AvgIpc) is 3.27. The molecule has 6 nitrogen and oxygen atoms in total. The highest BCUT2D eigenvalue weighted by molar-refractivity contribution is 9.10. The Balaban J connectivity index is 1.54. The molecule has 0 atom stereocenters. The predicted molar refractivity (Wildman–Crippen MR) is 151 cm³/mol. The van der Waals surface area contributed by atoms with Crippen molar-refractivity contribution in [3.05, 3.63) is 94.0 Å². The van der Waals surface area contributed by atoms with Gasteiger partial charge < -0.3 is 0 Å². The fraction of sp³-hybridized carbons (Fsp3) is 0.214. The zero-order chi connectivity index (χ0) is 25.7. The summed E-state index contributed by atoms with van der Waals surface area (Å²) in [6, 6.07) is 24.3. The van der Waals surface area contributed by atoms with Crippen LogP contribution in [0.3, 0.4) is 0 Å². The Bertz CT molecular complexity index is 1370. The smallest absolute Gasteiger partial charge is 0.250 e. The number of nitrogens with zero attached hydrogens (tertiary/aromatic N) is 4. The van der Waals surface area contributed by atoms with Gasteiger partial charge in [0.2, 0.25) is 0 Å². The van der Waals surface area contributed by atoms with Gasteiger partial charge in [-0.2, -0.15) is 5.10 Å². The van der Waals surface area contributed by atoms with Crippen LogP contribution in [0.25, 0.3) is 17.1 Å². The van der Waals surface area contributed by atoms with Crippen molar-refractivity contribution in [1.82, 2.24) is 20.2 Å². The number of hydrogen-bond acceptors (Lipinski definition) is 5. The van der Waals surface area contributed by atoms with Crippen molar-refractivity contribution in [3.63, 3.8) is 0 Å². The largest absolute Gasteiger partial charge is 0.272 e. The summed E-state index contributed by atoms with van der Waals surface area (Å²) in [7, 11) is 0. The molecule has 1 N–H and O–H groups in total. The molecule has 3 aromatic carbocycles. The Hall–Kier alpha value is -3.23. The number of thioether (sulfide) groups is 1. The molecular weight excluding hydrogens is 534 g/mol. The molecule has 0 spiro atoms. The topological polar surface area (TPSA) is 72.2 Å². The van der Waals surface area contributed by atoms with E-state index < -0.39 is 0 Å². The molecule has 0 bridgehead atoms. The van der Waals surface area contributed by atoms with Crippen LogP contribution in [0.15, 0.2) is 87.5 Å². The molecule has 0 fully saturated rings. The third kappa shape index (κ3) is 6.50. The summed E-state index contributed by atoms with van der Waals surface area (Å²) in [6.45, 7) is 8.63. The molecule has 8 heteroatoms. The average molecular weight is 563 g/mol. The van der Waals surface area contributed by atoms with Gasteiger partial charge in [-0.05, 0) is 47.7 Å². The van der Waals surface area contributed by atoms with E-state index in [0.717, 1.165) is 27.1 Å². The molecular formula is C28H28BrN5OS. The highest BCUT2D eigenvalue weighted by Crippen LogP contribution is 2.30. The van der Waals surface area contributed by atoms with Gasteiger partial charge in [-0.15, -0.1) is 10.2 Å². The summed E-state index contributed by atoms with van der Waals surface area (Å²) in [6.07, 6.45) is 1.61. The van der Waals surface area contributed by atoms with Crippen molar-refractivity contribution in [1.29, 1.82) is 0 Å². The van der Waals surface area contributed by atoms with Gasteiger partial charge in [0.25, 0.3) is 5.91 Å². The number of hydrogen-bond donors (Lipinski definition) is 1. The molecule has 0 aliphatic rings. The molecule has 184 valence electrons. The molecule has 0 saturated heterocycles. The van der Waals surface area contributed by atoms with Gasteiger partial charge in [-0.25, -0.2) is 5.43 Å². The Labute approximate surface area is 224 Å². The number of carbonyl (C=O) groups is 1. The molecule has 0 radical (unpaired) electrons. The lowest BCUT2D eigenvalue weighted by Crippen LogP contribution is -2.20. The number of hydrazone groups is 1. The normalized spacial score (nSPS) is 11.7. The van der Waals surface area contributed by atoms with Crippen LogP contribution in [0.2, 0.25) is 0 Å². The third-order valence-corrected chi connectivity index (χ3v) is 6.94. The monoisotopic (exact) mass is 561 g/mol. The minimum Gasteiger partial charge on any atom is -0.272 e. The van der Waals surface area contributed by atoms with Crippen molar-refractivity contribution >= 4 is 39.8 Å². The summed E-state index contributed by atoms with van der Waals surface area (Å²) in [5.74, 6) is 0.665. The van der Waals surface area contributed by atoms with Crippen LogP contribution in [0.4, 0.5) is 0 Å². The molecule has 4 aromatic rings. The second-order valence-electron chi connectivity index (χ2n) is 9.44. The van der Waals surface area contributed by atoms with Crippen molar-refractivity contribution in [2.24, 2.45) is 5.10 Å². The first-order valence-corrected chi connectivity index (χ1v) is 13.3. The molecule has 0 aliphatic heterocycles. The van der Waals surface area contributed by atoms with Crippen LogP contribution in [0.1, 0.15) is 37.5 Å². The first-order valence-electron chi connectivity index (χ1n) is 11.5. The Kier molecular flexibility index (Phi) is 8.06. The molecule has 0 unspecified atom stereocenters. The fourth-order valence-corrected chi connectivity index (χ4v) is 4.69. The van der Waals surface area contributed by atoms with E-state index in [1.807, 2.05) is 41.0 Å². The van der Waals surface area contributed by atoms with E-state index in [9.17, 15) is 4.79 Å². The first kappa shape index (κ1) is 25.9. The van der Waals surface area contributed by atoms with Crippen LogP contribution in [0.5, 0.6) is 0 Å². The van der Waals surface area contributed by atoms with E-state index in [-0.39, 0.29) is 17.1 Å². The van der Waals surface area contributed by atoms with Gasteiger partial charge in [0.1, 0.15) is 0 Å². The lowest BCUT2D eigenvalue weighted by Gasteiger charge is -2.19. The number of carbonyl (C=O) groups excluding carboxylic acids is 1. The summed E-state index contributed by atoms with van der Waals surface area (Å²) < 4.78 is 2.95. The van der Waals surface area contributed by atoms with E-state index in [1.54, 1.807) is 6.21 Å². The minimum absolute atomic E-state index is 0.0665. The van der Waals surface area contributed by atoms with E-state index in [2.05, 4.69) is 101 Å². The van der Waals surface area contributed by atoms with E-state index in [1.165, 1.54) is 22.9 Å². The van der Waals surface area contributed by atoms with Crippen LogP contribution in [-0.2, 0) is 10.2 Å². The standard InChI is InChI=1S/C28H28BrN5OS/c1-19-8-14-24(15-9-19)34-26(21-10-12-22(13-11-21)28(2,3)4)32-33-27(34)36-18-25(35)31-30-17-20-6-5-7-23(29)16-20/h5-17H,18H2,1-4H3,(H,31,35)/b30-17+. The number of nitrogens with one attached hydrogen (secondary N) is 1.